The van der Waals surface area contributed by atoms with Gasteiger partial charge in [0.25, 0.3) is 0 Å². The van der Waals surface area contributed by atoms with E-state index in [0.717, 1.165) is 5.75 Å². The maximum Gasteiger partial charge on any atom is 0.0470 e. The summed E-state index contributed by atoms with van der Waals surface area (Å²) in [5.74, 6) is 1.13. The molecule has 2 atom stereocenters. The van der Waals surface area contributed by atoms with Gasteiger partial charge < -0.3 is 5.73 Å². The summed E-state index contributed by atoms with van der Waals surface area (Å²) in [5, 5.41) is 0. The second-order valence-electron chi connectivity index (χ2n) is 6.59. The normalized spacial score (nSPS) is 15.4. The number of nitrogens with zero attached hydrogens (tertiary/aromatic N) is 1. The van der Waals surface area contributed by atoms with Gasteiger partial charge in [-0.15, -0.1) is 0 Å². The Bertz CT molecular complexity index is 394. The van der Waals surface area contributed by atoms with Crippen molar-refractivity contribution in [1.82, 2.24) is 4.90 Å². The van der Waals surface area contributed by atoms with E-state index in [-0.39, 0.29) is 5.41 Å². The third kappa shape index (κ3) is 4.51. The zero-order valence-electron chi connectivity index (χ0n) is 13.8. The van der Waals surface area contributed by atoms with Crippen LogP contribution in [0.15, 0.2) is 24.3 Å². The largest absolute Gasteiger partial charge is 0.329 e. The Hall–Kier alpha value is -0.510. The Morgan fingerprint density at radius 3 is 2.15 bits per heavy atom. The molecule has 114 valence electrons. The molecular formula is C17H30N2S. The first-order valence-electron chi connectivity index (χ1n) is 7.32. The van der Waals surface area contributed by atoms with Crippen LogP contribution in [-0.2, 0) is 5.41 Å². The first-order valence-corrected chi connectivity index (χ1v) is 8.72. The van der Waals surface area contributed by atoms with Crippen LogP contribution in [0.25, 0.3) is 0 Å². The molecule has 3 heteroatoms. The highest BCUT2D eigenvalue weighted by molar-refractivity contribution is 7.98. The van der Waals surface area contributed by atoms with E-state index < -0.39 is 0 Å². The van der Waals surface area contributed by atoms with Gasteiger partial charge >= 0.3 is 0 Å². The smallest absolute Gasteiger partial charge is 0.0470 e. The molecule has 0 heterocycles. The Balaban J connectivity index is 2.90. The van der Waals surface area contributed by atoms with Gasteiger partial charge in [-0.05, 0) is 36.8 Å². The van der Waals surface area contributed by atoms with E-state index in [9.17, 15) is 0 Å². The molecule has 0 spiro atoms. The molecule has 0 aliphatic rings. The van der Waals surface area contributed by atoms with Crippen LogP contribution in [0.3, 0.4) is 0 Å². The van der Waals surface area contributed by atoms with Crippen molar-refractivity contribution in [3.05, 3.63) is 35.4 Å². The summed E-state index contributed by atoms with van der Waals surface area (Å²) in [7, 11) is 2.18. The first kappa shape index (κ1) is 17.5. The Morgan fingerprint density at radius 2 is 1.75 bits per heavy atom. The average Bonchev–Trinajstić information content (AvgIpc) is 2.39. The van der Waals surface area contributed by atoms with Crippen LogP contribution in [0.1, 0.15) is 44.9 Å². The summed E-state index contributed by atoms with van der Waals surface area (Å²) in [6.07, 6.45) is 2.15. The summed E-state index contributed by atoms with van der Waals surface area (Å²) in [5.41, 5.74) is 8.91. The summed E-state index contributed by atoms with van der Waals surface area (Å²) >= 11 is 1.88. The van der Waals surface area contributed by atoms with E-state index >= 15 is 0 Å². The fourth-order valence-electron chi connectivity index (χ4n) is 2.41. The molecule has 2 nitrogen and oxygen atoms in total. The van der Waals surface area contributed by atoms with E-state index in [0.29, 0.717) is 18.6 Å². The van der Waals surface area contributed by atoms with Gasteiger partial charge in [-0.25, -0.2) is 0 Å². The lowest BCUT2D eigenvalue weighted by Gasteiger charge is -2.33. The van der Waals surface area contributed by atoms with Crippen LogP contribution in [0.2, 0.25) is 0 Å². The average molecular weight is 295 g/mol. The molecule has 1 rings (SSSR count). The molecule has 0 radical (unpaired) electrons. The number of hydrogen-bond acceptors (Lipinski definition) is 3. The number of nitrogens with two attached hydrogens (primary N) is 1. The molecule has 1 aromatic rings. The van der Waals surface area contributed by atoms with Crippen molar-refractivity contribution in [3.8, 4) is 0 Å². The first-order chi connectivity index (χ1) is 9.31. The SMILES string of the molecule is CSCC(C)N(C)C(CN)c1ccc(C(C)(C)C)cc1. The van der Waals surface area contributed by atoms with Gasteiger partial charge in [0.1, 0.15) is 0 Å². The standard InChI is InChI=1S/C17H30N2S/c1-13(12-20-6)19(5)16(11-18)14-7-9-15(10-8-14)17(2,3)4/h7-10,13,16H,11-12,18H2,1-6H3. The molecule has 0 aromatic heterocycles. The molecule has 0 bridgehead atoms. The van der Waals surface area contributed by atoms with Gasteiger partial charge in [0.05, 0.1) is 0 Å². The quantitative estimate of drug-likeness (QED) is 0.868. The molecule has 0 aliphatic carbocycles. The monoisotopic (exact) mass is 294 g/mol. The summed E-state index contributed by atoms with van der Waals surface area (Å²) in [6.45, 7) is 9.66. The summed E-state index contributed by atoms with van der Waals surface area (Å²) in [6, 6.07) is 9.78. The molecule has 0 aliphatic heterocycles. The molecule has 0 saturated carbocycles. The van der Waals surface area contributed by atoms with E-state index in [2.05, 4.69) is 70.2 Å². The fourth-order valence-corrected chi connectivity index (χ4v) is 3.13. The number of rotatable bonds is 6. The molecule has 2 N–H and O–H groups in total. The Morgan fingerprint density at radius 1 is 1.20 bits per heavy atom. The number of thioether (sulfide) groups is 1. The third-order valence-corrected chi connectivity index (χ3v) is 4.80. The highest BCUT2D eigenvalue weighted by Crippen LogP contribution is 2.26. The van der Waals surface area contributed by atoms with Crippen LogP contribution in [0.5, 0.6) is 0 Å². The van der Waals surface area contributed by atoms with Gasteiger partial charge in [0.15, 0.2) is 0 Å². The van der Waals surface area contributed by atoms with Gasteiger partial charge in [-0.1, -0.05) is 45.0 Å². The maximum atomic E-state index is 6.02. The van der Waals surface area contributed by atoms with Crippen molar-refractivity contribution in [2.24, 2.45) is 5.73 Å². The molecule has 0 fully saturated rings. The van der Waals surface area contributed by atoms with Crippen molar-refractivity contribution in [3.63, 3.8) is 0 Å². The van der Waals surface area contributed by atoms with Crippen molar-refractivity contribution in [2.45, 2.75) is 45.2 Å². The number of benzene rings is 1. The highest BCUT2D eigenvalue weighted by Gasteiger charge is 2.21. The van der Waals surface area contributed by atoms with Gasteiger partial charge in [-0.2, -0.15) is 11.8 Å². The van der Waals surface area contributed by atoms with Gasteiger partial charge in [0, 0.05) is 24.4 Å². The highest BCUT2D eigenvalue weighted by atomic mass is 32.2. The summed E-state index contributed by atoms with van der Waals surface area (Å²) in [4.78, 5) is 2.39. The molecule has 0 amide bonds. The maximum absolute atomic E-state index is 6.02. The molecule has 20 heavy (non-hydrogen) atoms. The van der Waals surface area contributed by atoms with E-state index in [4.69, 9.17) is 5.73 Å². The van der Waals surface area contributed by atoms with Crippen LogP contribution < -0.4 is 5.73 Å². The fraction of sp³-hybridized carbons (Fsp3) is 0.647. The third-order valence-electron chi connectivity index (χ3n) is 3.98. The minimum absolute atomic E-state index is 0.203. The lowest BCUT2D eigenvalue weighted by Crippen LogP contribution is -2.38. The molecule has 2 unspecified atom stereocenters. The van der Waals surface area contributed by atoms with Crippen LogP contribution in [0.4, 0.5) is 0 Å². The topological polar surface area (TPSA) is 29.3 Å². The van der Waals surface area contributed by atoms with Crippen molar-refractivity contribution in [2.75, 3.05) is 25.6 Å². The zero-order chi connectivity index (χ0) is 15.3. The molecular weight excluding hydrogens is 264 g/mol. The predicted octanol–water partition coefficient (Wildman–Crippen LogP) is 3.67. The van der Waals surface area contributed by atoms with E-state index in [1.54, 1.807) is 0 Å². The van der Waals surface area contributed by atoms with Crippen LogP contribution in [-0.4, -0.2) is 36.5 Å². The lowest BCUT2D eigenvalue weighted by atomic mass is 9.86. The van der Waals surface area contributed by atoms with E-state index in [1.165, 1.54) is 11.1 Å². The second kappa shape index (κ2) is 7.48. The zero-order valence-corrected chi connectivity index (χ0v) is 14.6. The minimum atomic E-state index is 0.203. The van der Waals surface area contributed by atoms with Crippen molar-refractivity contribution in [1.29, 1.82) is 0 Å². The van der Waals surface area contributed by atoms with Gasteiger partial charge in [0.2, 0.25) is 0 Å². The lowest BCUT2D eigenvalue weighted by molar-refractivity contribution is 0.204. The van der Waals surface area contributed by atoms with Crippen molar-refractivity contribution >= 4 is 11.8 Å². The predicted molar refractivity (Wildman–Crippen MR) is 92.5 cm³/mol. The molecule has 0 saturated heterocycles. The Labute approximate surface area is 129 Å². The minimum Gasteiger partial charge on any atom is -0.329 e. The van der Waals surface area contributed by atoms with Gasteiger partial charge in [-0.3, -0.25) is 4.90 Å². The van der Waals surface area contributed by atoms with Crippen LogP contribution >= 0.6 is 11.8 Å². The van der Waals surface area contributed by atoms with Crippen LogP contribution in [0, 0.1) is 0 Å². The van der Waals surface area contributed by atoms with E-state index in [1.807, 2.05) is 11.8 Å². The Kier molecular flexibility index (Phi) is 6.56. The molecule has 1 aromatic carbocycles. The number of hydrogen-bond donors (Lipinski definition) is 1. The number of likely N-dealkylation sites (N-methyl/N-ethyl adjacent to an activating group) is 1. The second-order valence-corrected chi connectivity index (χ2v) is 7.50. The van der Waals surface area contributed by atoms with Crippen molar-refractivity contribution < 1.29 is 0 Å². The summed E-state index contributed by atoms with van der Waals surface area (Å²) < 4.78 is 0.